The molecular weight excluding hydrogens is 380 g/mol. The minimum atomic E-state index is -2.90. The van der Waals surface area contributed by atoms with E-state index >= 15 is 0 Å². The van der Waals surface area contributed by atoms with Gasteiger partial charge in [-0.25, -0.2) is 4.99 Å². The Kier molecular flexibility index (Phi) is 12.5. The molecule has 27 heavy (non-hydrogen) atoms. The van der Waals surface area contributed by atoms with Crippen LogP contribution < -0.4 is 15.4 Å². The number of unbranched alkanes of at least 4 members (excludes halogenated alkanes) is 1. The van der Waals surface area contributed by atoms with Gasteiger partial charge in [0.1, 0.15) is 5.75 Å². The highest BCUT2D eigenvalue weighted by Crippen LogP contribution is 2.25. The SMILES string of the molecule is CCNC(=NCc1cc(Cl)ccc1OC(F)F)NCCCCOCCOC. The number of halogens is 3. The Morgan fingerprint density at radius 3 is 2.70 bits per heavy atom. The van der Waals surface area contributed by atoms with Crippen LogP contribution in [-0.2, 0) is 16.0 Å². The van der Waals surface area contributed by atoms with Crippen LogP contribution in [0.15, 0.2) is 23.2 Å². The van der Waals surface area contributed by atoms with Crippen LogP contribution in [-0.4, -0.2) is 52.6 Å². The fourth-order valence-electron chi connectivity index (χ4n) is 2.17. The standard InChI is InChI=1S/C18H28ClF2N3O3/c1-3-22-18(23-8-4-5-9-26-11-10-25-2)24-13-14-12-15(19)6-7-16(14)27-17(20)21/h6-7,12,17H,3-5,8-11,13H2,1-2H3,(H2,22,23,24). The Morgan fingerprint density at radius 2 is 2.00 bits per heavy atom. The number of nitrogens with zero attached hydrogens (tertiary/aromatic N) is 1. The van der Waals surface area contributed by atoms with Crippen LogP contribution in [0.4, 0.5) is 8.78 Å². The second-order valence-corrected chi connectivity index (χ2v) is 6.00. The summed E-state index contributed by atoms with van der Waals surface area (Å²) in [5.41, 5.74) is 0.492. The van der Waals surface area contributed by atoms with Gasteiger partial charge in [0.15, 0.2) is 5.96 Å². The van der Waals surface area contributed by atoms with E-state index < -0.39 is 6.61 Å². The van der Waals surface area contributed by atoms with Crippen LogP contribution in [0.1, 0.15) is 25.3 Å². The summed E-state index contributed by atoms with van der Waals surface area (Å²) in [5.74, 6) is 0.669. The van der Waals surface area contributed by atoms with Crippen molar-refractivity contribution >= 4 is 17.6 Å². The number of aliphatic imine (C=N–C) groups is 1. The van der Waals surface area contributed by atoms with E-state index in [9.17, 15) is 8.78 Å². The Hall–Kier alpha value is -1.64. The summed E-state index contributed by atoms with van der Waals surface area (Å²) in [6.45, 7) is 2.48. The van der Waals surface area contributed by atoms with Gasteiger partial charge >= 0.3 is 6.61 Å². The normalized spacial score (nSPS) is 11.7. The molecule has 0 fully saturated rings. The van der Waals surface area contributed by atoms with Gasteiger partial charge in [-0.2, -0.15) is 8.78 Å². The maximum absolute atomic E-state index is 12.5. The summed E-state index contributed by atoms with van der Waals surface area (Å²) < 4.78 is 39.9. The molecule has 0 aliphatic heterocycles. The van der Waals surface area contributed by atoms with Crippen LogP contribution in [0.2, 0.25) is 5.02 Å². The van der Waals surface area contributed by atoms with E-state index in [4.69, 9.17) is 21.1 Å². The largest absolute Gasteiger partial charge is 0.434 e. The molecule has 0 saturated carbocycles. The van der Waals surface area contributed by atoms with Gasteiger partial charge in [0.2, 0.25) is 0 Å². The summed E-state index contributed by atoms with van der Waals surface area (Å²) in [6.07, 6.45) is 1.82. The fraction of sp³-hybridized carbons (Fsp3) is 0.611. The minimum Gasteiger partial charge on any atom is -0.434 e. The van der Waals surface area contributed by atoms with Crippen molar-refractivity contribution in [3.8, 4) is 5.75 Å². The molecule has 0 aromatic heterocycles. The number of hydrogen-bond acceptors (Lipinski definition) is 4. The first-order chi connectivity index (χ1) is 13.1. The lowest BCUT2D eigenvalue weighted by Gasteiger charge is -2.13. The third kappa shape index (κ3) is 10.9. The number of nitrogens with one attached hydrogen (secondary N) is 2. The number of guanidine groups is 1. The topological polar surface area (TPSA) is 64.1 Å². The van der Waals surface area contributed by atoms with E-state index in [1.54, 1.807) is 13.2 Å². The number of benzene rings is 1. The predicted molar refractivity (Wildman–Crippen MR) is 103 cm³/mol. The van der Waals surface area contributed by atoms with Crippen molar-refractivity contribution in [3.63, 3.8) is 0 Å². The molecule has 0 amide bonds. The van der Waals surface area contributed by atoms with Gasteiger partial charge in [0, 0.05) is 37.4 Å². The van der Waals surface area contributed by atoms with Crippen molar-refractivity contribution < 1.29 is 23.0 Å². The van der Waals surface area contributed by atoms with E-state index in [1.807, 2.05) is 6.92 Å². The minimum absolute atomic E-state index is 0.0715. The highest BCUT2D eigenvalue weighted by Gasteiger charge is 2.10. The van der Waals surface area contributed by atoms with Crippen molar-refractivity contribution in [3.05, 3.63) is 28.8 Å². The number of rotatable bonds is 13. The first-order valence-corrected chi connectivity index (χ1v) is 9.26. The van der Waals surface area contributed by atoms with Crippen molar-refractivity contribution in [1.29, 1.82) is 0 Å². The lowest BCUT2D eigenvalue weighted by molar-refractivity contribution is -0.0504. The molecule has 6 nitrogen and oxygen atoms in total. The van der Waals surface area contributed by atoms with Gasteiger partial charge in [0.25, 0.3) is 0 Å². The number of methoxy groups -OCH3 is 1. The van der Waals surface area contributed by atoms with Gasteiger partial charge in [-0.3, -0.25) is 0 Å². The van der Waals surface area contributed by atoms with E-state index in [0.29, 0.717) is 42.9 Å². The average molecular weight is 408 g/mol. The molecule has 0 aliphatic rings. The van der Waals surface area contributed by atoms with Crippen molar-refractivity contribution in [2.24, 2.45) is 4.99 Å². The smallest absolute Gasteiger partial charge is 0.387 e. The summed E-state index contributed by atoms with van der Waals surface area (Å²) in [6, 6.07) is 4.50. The molecule has 1 rings (SSSR count). The third-order valence-corrected chi connectivity index (χ3v) is 3.67. The monoisotopic (exact) mass is 407 g/mol. The third-order valence-electron chi connectivity index (χ3n) is 3.43. The van der Waals surface area contributed by atoms with Gasteiger partial charge in [-0.15, -0.1) is 0 Å². The highest BCUT2D eigenvalue weighted by molar-refractivity contribution is 6.30. The predicted octanol–water partition coefficient (Wildman–Crippen LogP) is 3.44. The summed E-state index contributed by atoms with van der Waals surface area (Å²) in [4.78, 5) is 4.41. The maximum Gasteiger partial charge on any atom is 0.387 e. The second-order valence-electron chi connectivity index (χ2n) is 5.56. The van der Waals surface area contributed by atoms with Crippen LogP contribution in [0, 0.1) is 0 Å². The quantitative estimate of drug-likeness (QED) is 0.298. The Morgan fingerprint density at radius 1 is 1.19 bits per heavy atom. The zero-order chi connectivity index (χ0) is 19.9. The zero-order valence-electron chi connectivity index (χ0n) is 15.8. The van der Waals surface area contributed by atoms with E-state index in [1.165, 1.54) is 12.1 Å². The van der Waals surface area contributed by atoms with E-state index in [-0.39, 0.29) is 12.3 Å². The molecule has 0 saturated heterocycles. The van der Waals surface area contributed by atoms with Crippen LogP contribution >= 0.6 is 11.6 Å². The molecule has 154 valence electrons. The number of hydrogen-bond donors (Lipinski definition) is 2. The Balaban J connectivity index is 2.50. The van der Waals surface area contributed by atoms with E-state index in [2.05, 4.69) is 20.4 Å². The number of ether oxygens (including phenoxy) is 3. The molecule has 0 spiro atoms. The average Bonchev–Trinajstić information content (AvgIpc) is 2.63. The molecule has 2 N–H and O–H groups in total. The first-order valence-electron chi connectivity index (χ1n) is 8.89. The molecule has 0 bridgehead atoms. The lowest BCUT2D eigenvalue weighted by Crippen LogP contribution is -2.37. The second kappa shape index (κ2) is 14.4. The number of alkyl halides is 2. The molecule has 0 radical (unpaired) electrons. The molecular formula is C18H28ClF2N3O3. The van der Waals surface area contributed by atoms with E-state index in [0.717, 1.165) is 19.4 Å². The van der Waals surface area contributed by atoms with Crippen molar-refractivity contribution in [1.82, 2.24) is 10.6 Å². The molecule has 0 aliphatic carbocycles. The summed E-state index contributed by atoms with van der Waals surface area (Å²) in [5, 5.41) is 6.76. The highest BCUT2D eigenvalue weighted by atomic mass is 35.5. The maximum atomic E-state index is 12.5. The molecule has 1 aromatic carbocycles. The van der Waals surface area contributed by atoms with Crippen LogP contribution in [0.3, 0.4) is 0 Å². The fourth-order valence-corrected chi connectivity index (χ4v) is 2.36. The lowest BCUT2D eigenvalue weighted by atomic mass is 10.2. The van der Waals surface area contributed by atoms with Crippen molar-refractivity contribution in [2.75, 3.05) is 40.0 Å². The Bertz CT molecular complexity index is 563. The molecule has 0 unspecified atom stereocenters. The van der Waals surface area contributed by atoms with Crippen molar-refractivity contribution in [2.45, 2.75) is 32.9 Å². The Labute approximate surface area is 164 Å². The molecule has 1 aromatic rings. The van der Waals surface area contributed by atoms with Crippen LogP contribution in [0.5, 0.6) is 5.75 Å². The van der Waals surface area contributed by atoms with Gasteiger partial charge in [-0.1, -0.05) is 11.6 Å². The van der Waals surface area contributed by atoms with Crippen LogP contribution in [0.25, 0.3) is 0 Å². The molecule has 0 atom stereocenters. The summed E-state index contributed by atoms with van der Waals surface area (Å²) in [7, 11) is 1.64. The van der Waals surface area contributed by atoms with Gasteiger partial charge in [-0.05, 0) is 38.0 Å². The van der Waals surface area contributed by atoms with Gasteiger partial charge < -0.3 is 24.8 Å². The first kappa shape index (κ1) is 23.4. The molecule has 9 heteroatoms. The molecule has 0 heterocycles. The summed E-state index contributed by atoms with van der Waals surface area (Å²) >= 11 is 5.95. The van der Waals surface area contributed by atoms with Gasteiger partial charge in [0.05, 0.1) is 19.8 Å². The zero-order valence-corrected chi connectivity index (χ0v) is 16.5.